The SMILES string of the molecule is CCNC(=NCCCc1nnc2ccccn12)NCCc1ncc(C)s1. The van der Waals surface area contributed by atoms with E-state index < -0.39 is 0 Å². The van der Waals surface area contributed by atoms with E-state index >= 15 is 0 Å². The third-order valence-corrected chi connectivity index (χ3v) is 4.83. The number of hydrogen-bond donors (Lipinski definition) is 2. The van der Waals surface area contributed by atoms with Crippen molar-refractivity contribution in [3.05, 3.63) is 46.3 Å². The molecule has 0 aliphatic heterocycles. The summed E-state index contributed by atoms with van der Waals surface area (Å²) in [7, 11) is 0. The van der Waals surface area contributed by atoms with Crippen LogP contribution in [0.3, 0.4) is 0 Å². The Hall–Kier alpha value is -2.48. The summed E-state index contributed by atoms with van der Waals surface area (Å²) in [6.07, 6.45) is 6.62. The van der Waals surface area contributed by atoms with Crippen LogP contribution in [0.5, 0.6) is 0 Å². The van der Waals surface area contributed by atoms with Crippen molar-refractivity contribution >= 4 is 22.9 Å². The van der Waals surface area contributed by atoms with Gasteiger partial charge in [0, 0.05) is 49.7 Å². The first-order valence-electron chi connectivity index (χ1n) is 8.98. The maximum absolute atomic E-state index is 4.65. The highest BCUT2D eigenvalue weighted by molar-refractivity contribution is 7.11. The molecule has 0 aliphatic rings. The number of aryl methyl sites for hydroxylation is 2. The molecule has 3 aromatic rings. The number of rotatable bonds is 8. The van der Waals surface area contributed by atoms with E-state index in [2.05, 4.69) is 44.7 Å². The lowest BCUT2D eigenvalue weighted by molar-refractivity contribution is 0.749. The molecule has 0 saturated carbocycles. The maximum atomic E-state index is 4.65. The van der Waals surface area contributed by atoms with E-state index in [-0.39, 0.29) is 0 Å². The van der Waals surface area contributed by atoms with Gasteiger partial charge in [-0.1, -0.05) is 6.07 Å². The third-order valence-electron chi connectivity index (χ3n) is 3.86. The average Bonchev–Trinajstić information content (AvgIpc) is 3.25. The summed E-state index contributed by atoms with van der Waals surface area (Å²) >= 11 is 1.75. The van der Waals surface area contributed by atoms with Crippen LogP contribution in [-0.2, 0) is 12.8 Å². The number of nitrogens with zero attached hydrogens (tertiary/aromatic N) is 5. The van der Waals surface area contributed by atoms with Crippen LogP contribution in [0.25, 0.3) is 5.65 Å². The van der Waals surface area contributed by atoms with Gasteiger partial charge in [0.2, 0.25) is 0 Å². The van der Waals surface area contributed by atoms with Gasteiger partial charge in [0.1, 0.15) is 5.82 Å². The highest BCUT2D eigenvalue weighted by atomic mass is 32.1. The summed E-state index contributed by atoms with van der Waals surface area (Å²) in [6.45, 7) is 6.57. The summed E-state index contributed by atoms with van der Waals surface area (Å²) in [6, 6.07) is 5.93. The zero-order valence-electron chi connectivity index (χ0n) is 15.3. The largest absolute Gasteiger partial charge is 0.357 e. The second kappa shape index (κ2) is 9.28. The lowest BCUT2D eigenvalue weighted by Crippen LogP contribution is -2.38. The van der Waals surface area contributed by atoms with Crippen molar-refractivity contribution in [2.75, 3.05) is 19.6 Å². The van der Waals surface area contributed by atoms with Gasteiger partial charge in [0.15, 0.2) is 11.6 Å². The fourth-order valence-corrected chi connectivity index (χ4v) is 3.42. The fourth-order valence-electron chi connectivity index (χ4n) is 2.64. The molecule has 0 unspecified atom stereocenters. The van der Waals surface area contributed by atoms with Gasteiger partial charge < -0.3 is 10.6 Å². The number of nitrogens with one attached hydrogen (secondary N) is 2. The second-order valence-electron chi connectivity index (χ2n) is 5.95. The van der Waals surface area contributed by atoms with Crippen molar-refractivity contribution in [2.45, 2.75) is 33.1 Å². The zero-order chi connectivity index (χ0) is 18.2. The van der Waals surface area contributed by atoms with Crippen LogP contribution in [0, 0.1) is 6.92 Å². The summed E-state index contributed by atoms with van der Waals surface area (Å²) in [5.41, 5.74) is 0.887. The van der Waals surface area contributed by atoms with Crippen LogP contribution in [0.15, 0.2) is 35.6 Å². The molecule has 0 saturated heterocycles. The number of fused-ring (bicyclic) bond motifs is 1. The number of pyridine rings is 1. The Morgan fingerprint density at radius 1 is 1.23 bits per heavy atom. The molecule has 0 fully saturated rings. The normalized spacial score (nSPS) is 11.8. The molecule has 3 heterocycles. The predicted molar refractivity (Wildman–Crippen MR) is 106 cm³/mol. The smallest absolute Gasteiger partial charge is 0.191 e. The molecule has 26 heavy (non-hydrogen) atoms. The topological polar surface area (TPSA) is 79.5 Å². The zero-order valence-corrected chi connectivity index (χ0v) is 16.1. The number of aromatic nitrogens is 4. The molecule has 2 N–H and O–H groups in total. The van der Waals surface area contributed by atoms with Gasteiger partial charge in [0.25, 0.3) is 0 Å². The van der Waals surface area contributed by atoms with Crippen molar-refractivity contribution in [1.82, 2.24) is 30.2 Å². The first-order chi connectivity index (χ1) is 12.8. The quantitative estimate of drug-likeness (QED) is 0.361. The van der Waals surface area contributed by atoms with Crippen molar-refractivity contribution in [2.24, 2.45) is 4.99 Å². The number of guanidine groups is 1. The van der Waals surface area contributed by atoms with Crippen molar-refractivity contribution < 1.29 is 0 Å². The molecule has 3 rings (SSSR count). The van der Waals surface area contributed by atoms with Crippen LogP contribution in [-0.4, -0.2) is 45.2 Å². The fraction of sp³-hybridized carbons (Fsp3) is 0.444. The van der Waals surface area contributed by atoms with E-state index in [0.717, 1.165) is 61.3 Å². The van der Waals surface area contributed by atoms with E-state index in [0.29, 0.717) is 0 Å². The van der Waals surface area contributed by atoms with E-state index in [4.69, 9.17) is 0 Å². The van der Waals surface area contributed by atoms with Gasteiger partial charge in [-0.15, -0.1) is 21.5 Å². The summed E-state index contributed by atoms with van der Waals surface area (Å²) in [5.74, 6) is 1.83. The van der Waals surface area contributed by atoms with Crippen LogP contribution >= 0.6 is 11.3 Å². The Morgan fingerprint density at radius 2 is 2.15 bits per heavy atom. The molecule has 0 atom stereocenters. The molecule has 7 nitrogen and oxygen atoms in total. The van der Waals surface area contributed by atoms with Crippen LogP contribution in [0.2, 0.25) is 0 Å². The minimum Gasteiger partial charge on any atom is -0.357 e. The summed E-state index contributed by atoms with van der Waals surface area (Å²) in [4.78, 5) is 10.3. The monoisotopic (exact) mass is 371 g/mol. The Labute approximate surface area is 157 Å². The Kier molecular flexibility index (Phi) is 6.54. The molecular formula is C18H25N7S. The number of aliphatic imine (C=N–C) groups is 1. The molecule has 0 radical (unpaired) electrons. The maximum Gasteiger partial charge on any atom is 0.191 e. The van der Waals surface area contributed by atoms with Gasteiger partial charge in [-0.05, 0) is 32.4 Å². The second-order valence-corrected chi connectivity index (χ2v) is 7.27. The standard InChI is InChI=1S/C18H25N7S/c1-3-19-18(21-11-9-17-22-13-14(2)26-17)20-10-6-8-16-24-23-15-7-4-5-12-25(15)16/h4-5,7,12-13H,3,6,8-11H2,1-2H3,(H2,19,20,21). The molecule has 3 aromatic heterocycles. The minimum atomic E-state index is 0.743. The Morgan fingerprint density at radius 3 is 2.96 bits per heavy atom. The first-order valence-corrected chi connectivity index (χ1v) is 9.80. The number of hydrogen-bond acceptors (Lipinski definition) is 5. The van der Waals surface area contributed by atoms with E-state index in [1.165, 1.54) is 4.88 Å². The summed E-state index contributed by atoms with van der Waals surface area (Å²) in [5, 5.41) is 16.3. The summed E-state index contributed by atoms with van der Waals surface area (Å²) < 4.78 is 2.03. The Bertz CT molecular complexity index is 852. The molecular weight excluding hydrogens is 346 g/mol. The van der Waals surface area contributed by atoms with Crippen LogP contribution < -0.4 is 10.6 Å². The van der Waals surface area contributed by atoms with E-state index in [1.807, 2.05) is 35.0 Å². The van der Waals surface area contributed by atoms with Crippen molar-refractivity contribution in [3.8, 4) is 0 Å². The van der Waals surface area contributed by atoms with Gasteiger partial charge in [-0.2, -0.15) is 0 Å². The van der Waals surface area contributed by atoms with Gasteiger partial charge in [-0.25, -0.2) is 4.98 Å². The molecule has 0 amide bonds. The highest BCUT2D eigenvalue weighted by Gasteiger charge is 2.04. The van der Waals surface area contributed by atoms with Crippen molar-refractivity contribution in [1.29, 1.82) is 0 Å². The molecule has 0 bridgehead atoms. The van der Waals surface area contributed by atoms with E-state index in [1.54, 1.807) is 11.3 Å². The lowest BCUT2D eigenvalue weighted by Gasteiger charge is -2.10. The average molecular weight is 372 g/mol. The van der Waals surface area contributed by atoms with Crippen LogP contribution in [0.1, 0.15) is 29.1 Å². The highest BCUT2D eigenvalue weighted by Crippen LogP contribution is 2.10. The van der Waals surface area contributed by atoms with Gasteiger partial charge in [-0.3, -0.25) is 9.39 Å². The van der Waals surface area contributed by atoms with Crippen LogP contribution in [0.4, 0.5) is 0 Å². The molecule has 0 aromatic carbocycles. The third kappa shape index (κ3) is 5.01. The lowest BCUT2D eigenvalue weighted by atomic mass is 10.3. The Balaban J connectivity index is 1.46. The molecule has 138 valence electrons. The molecule has 0 spiro atoms. The molecule has 0 aliphatic carbocycles. The first kappa shape index (κ1) is 18.3. The van der Waals surface area contributed by atoms with E-state index in [9.17, 15) is 0 Å². The number of thiazole rings is 1. The van der Waals surface area contributed by atoms with Crippen molar-refractivity contribution in [3.63, 3.8) is 0 Å². The van der Waals surface area contributed by atoms with Gasteiger partial charge >= 0.3 is 0 Å². The predicted octanol–water partition coefficient (Wildman–Crippen LogP) is 2.22. The minimum absolute atomic E-state index is 0.743. The van der Waals surface area contributed by atoms with Gasteiger partial charge in [0.05, 0.1) is 5.01 Å². The molecule has 8 heteroatoms.